The lowest BCUT2D eigenvalue weighted by Crippen LogP contribution is -2.14. The predicted molar refractivity (Wildman–Crippen MR) is 79.5 cm³/mol. The number of fused-ring (bicyclic) bond motifs is 1. The number of hydrogen-bond acceptors (Lipinski definition) is 2. The van der Waals surface area contributed by atoms with E-state index < -0.39 is 0 Å². The van der Waals surface area contributed by atoms with Crippen molar-refractivity contribution in [3.05, 3.63) is 21.4 Å². The smallest absolute Gasteiger partial charge is 0.0485 e. The van der Waals surface area contributed by atoms with Crippen molar-refractivity contribution >= 4 is 32.1 Å². The van der Waals surface area contributed by atoms with Crippen molar-refractivity contribution in [2.24, 2.45) is 5.41 Å². The topological polar surface area (TPSA) is 0 Å². The first-order chi connectivity index (χ1) is 8.09. The maximum absolute atomic E-state index is 2.49. The van der Waals surface area contributed by atoms with Crippen LogP contribution in [0.4, 0.5) is 0 Å². The van der Waals surface area contributed by atoms with Crippen LogP contribution in [-0.4, -0.2) is 0 Å². The molecule has 0 aromatic carbocycles. The van der Waals surface area contributed by atoms with Gasteiger partial charge in [0.1, 0.15) is 0 Å². The molecule has 2 heteroatoms. The summed E-state index contributed by atoms with van der Waals surface area (Å²) in [5.74, 6) is 0. The van der Waals surface area contributed by atoms with E-state index in [0.29, 0.717) is 5.41 Å². The summed E-state index contributed by atoms with van der Waals surface area (Å²) in [6, 6.07) is 0. The van der Waals surface area contributed by atoms with E-state index in [4.69, 9.17) is 0 Å². The SMILES string of the molecule is Cc1csc2c(C)c(CC3(C)CCCC3)sc12. The van der Waals surface area contributed by atoms with Gasteiger partial charge >= 0.3 is 0 Å². The zero-order chi connectivity index (χ0) is 12.0. The van der Waals surface area contributed by atoms with Crippen LogP contribution in [0.5, 0.6) is 0 Å². The third-order valence-corrected chi connectivity index (χ3v) is 7.07. The highest BCUT2D eigenvalue weighted by Crippen LogP contribution is 2.45. The molecule has 2 heterocycles. The van der Waals surface area contributed by atoms with E-state index in [1.807, 2.05) is 11.3 Å². The standard InChI is InChI=1S/C15H20S2/c1-10-9-16-14-11(2)12(17-13(10)14)8-15(3)6-4-5-7-15/h9H,4-8H2,1-3H3. The highest BCUT2D eigenvalue weighted by molar-refractivity contribution is 7.27. The van der Waals surface area contributed by atoms with E-state index >= 15 is 0 Å². The van der Waals surface area contributed by atoms with Crippen LogP contribution in [0.3, 0.4) is 0 Å². The third-order valence-electron chi connectivity index (χ3n) is 4.30. The molecule has 0 radical (unpaired) electrons. The average molecular weight is 264 g/mol. The van der Waals surface area contributed by atoms with Crippen LogP contribution in [0.2, 0.25) is 0 Å². The van der Waals surface area contributed by atoms with Gasteiger partial charge in [-0.05, 0) is 55.0 Å². The second-order valence-electron chi connectivity index (χ2n) is 5.92. The van der Waals surface area contributed by atoms with Gasteiger partial charge < -0.3 is 0 Å². The van der Waals surface area contributed by atoms with Crippen LogP contribution in [0.25, 0.3) is 9.40 Å². The minimum absolute atomic E-state index is 0.589. The summed E-state index contributed by atoms with van der Waals surface area (Å²) >= 11 is 3.98. The van der Waals surface area contributed by atoms with Gasteiger partial charge in [0.25, 0.3) is 0 Å². The number of thiophene rings is 2. The molecule has 0 saturated heterocycles. The van der Waals surface area contributed by atoms with Gasteiger partial charge in [-0.1, -0.05) is 19.8 Å². The van der Waals surface area contributed by atoms with Crippen LogP contribution in [-0.2, 0) is 6.42 Å². The normalized spacial score (nSPS) is 19.2. The van der Waals surface area contributed by atoms with Gasteiger partial charge in [-0.15, -0.1) is 22.7 Å². The van der Waals surface area contributed by atoms with Crippen molar-refractivity contribution < 1.29 is 0 Å². The van der Waals surface area contributed by atoms with Crippen LogP contribution in [0.1, 0.15) is 48.6 Å². The molecule has 0 N–H and O–H groups in total. The Morgan fingerprint density at radius 2 is 1.88 bits per heavy atom. The van der Waals surface area contributed by atoms with Gasteiger partial charge in [-0.25, -0.2) is 0 Å². The van der Waals surface area contributed by atoms with Crippen molar-refractivity contribution in [2.75, 3.05) is 0 Å². The van der Waals surface area contributed by atoms with E-state index in [0.717, 1.165) is 0 Å². The Morgan fingerprint density at radius 3 is 2.53 bits per heavy atom. The van der Waals surface area contributed by atoms with Crippen molar-refractivity contribution in [3.63, 3.8) is 0 Å². The zero-order valence-corrected chi connectivity index (χ0v) is 12.6. The maximum atomic E-state index is 2.49. The molecule has 1 aliphatic carbocycles. The Kier molecular flexibility index (Phi) is 2.83. The molecule has 0 bridgehead atoms. The summed E-state index contributed by atoms with van der Waals surface area (Å²) in [6.07, 6.45) is 7.04. The summed E-state index contributed by atoms with van der Waals surface area (Å²) in [5, 5.41) is 2.30. The molecule has 1 aliphatic rings. The highest BCUT2D eigenvalue weighted by Gasteiger charge is 2.30. The molecule has 0 nitrogen and oxygen atoms in total. The summed E-state index contributed by atoms with van der Waals surface area (Å²) < 4.78 is 3.09. The fraction of sp³-hybridized carbons (Fsp3) is 0.600. The van der Waals surface area contributed by atoms with Crippen LogP contribution >= 0.6 is 22.7 Å². The summed E-state index contributed by atoms with van der Waals surface area (Å²) in [7, 11) is 0. The molecule has 0 spiro atoms. The number of rotatable bonds is 2. The lowest BCUT2D eigenvalue weighted by atomic mass is 9.84. The summed E-state index contributed by atoms with van der Waals surface area (Å²) in [4.78, 5) is 1.65. The van der Waals surface area contributed by atoms with Crippen LogP contribution in [0.15, 0.2) is 5.38 Å². The van der Waals surface area contributed by atoms with Crippen LogP contribution < -0.4 is 0 Å². The fourth-order valence-electron chi connectivity index (χ4n) is 3.11. The molecular weight excluding hydrogens is 244 g/mol. The minimum atomic E-state index is 0.589. The lowest BCUT2D eigenvalue weighted by molar-refractivity contribution is 0.337. The van der Waals surface area contributed by atoms with E-state index in [-0.39, 0.29) is 0 Å². The van der Waals surface area contributed by atoms with E-state index in [1.54, 1.807) is 19.8 Å². The molecule has 1 saturated carbocycles. The van der Waals surface area contributed by atoms with E-state index in [1.165, 1.54) is 37.7 Å². The van der Waals surface area contributed by atoms with Crippen molar-refractivity contribution in [1.29, 1.82) is 0 Å². The molecule has 0 aliphatic heterocycles. The molecule has 92 valence electrons. The first-order valence-corrected chi connectivity index (χ1v) is 8.25. The third kappa shape index (κ3) is 1.96. The Bertz CT molecular complexity index is 539. The number of hydrogen-bond donors (Lipinski definition) is 0. The number of aryl methyl sites for hydroxylation is 2. The molecule has 17 heavy (non-hydrogen) atoms. The van der Waals surface area contributed by atoms with Crippen LogP contribution in [0, 0.1) is 19.3 Å². The zero-order valence-electron chi connectivity index (χ0n) is 10.9. The average Bonchev–Trinajstić information content (AvgIpc) is 2.92. The molecule has 2 aromatic heterocycles. The van der Waals surface area contributed by atoms with Gasteiger partial charge in [0.05, 0.1) is 0 Å². The molecule has 1 fully saturated rings. The summed E-state index contributed by atoms with van der Waals surface area (Å²) in [5.41, 5.74) is 3.63. The second-order valence-corrected chi connectivity index (χ2v) is 7.91. The minimum Gasteiger partial charge on any atom is -0.142 e. The lowest BCUT2D eigenvalue weighted by Gasteiger charge is -2.22. The van der Waals surface area contributed by atoms with Gasteiger partial charge in [0, 0.05) is 14.3 Å². The molecular formula is C15H20S2. The molecule has 0 amide bonds. The van der Waals surface area contributed by atoms with Gasteiger partial charge in [-0.2, -0.15) is 0 Å². The quantitative estimate of drug-likeness (QED) is 0.652. The van der Waals surface area contributed by atoms with Gasteiger partial charge in [-0.3, -0.25) is 0 Å². The van der Waals surface area contributed by atoms with E-state index in [9.17, 15) is 0 Å². The Labute approximate surface area is 112 Å². The van der Waals surface area contributed by atoms with Gasteiger partial charge in [0.2, 0.25) is 0 Å². The Hall–Kier alpha value is -0.340. The second kappa shape index (κ2) is 4.10. The largest absolute Gasteiger partial charge is 0.142 e. The predicted octanol–water partition coefficient (Wildman–Crippen LogP) is 5.70. The Balaban J connectivity index is 1.97. The molecule has 2 aromatic rings. The van der Waals surface area contributed by atoms with Crippen molar-refractivity contribution in [2.45, 2.75) is 52.9 Å². The first-order valence-electron chi connectivity index (χ1n) is 6.55. The first kappa shape index (κ1) is 11.7. The highest BCUT2D eigenvalue weighted by atomic mass is 32.1. The van der Waals surface area contributed by atoms with Crippen molar-refractivity contribution in [1.82, 2.24) is 0 Å². The molecule has 0 atom stereocenters. The maximum Gasteiger partial charge on any atom is 0.0485 e. The monoisotopic (exact) mass is 264 g/mol. The molecule has 0 unspecified atom stereocenters. The van der Waals surface area contributed by atoms with E-state index in [2.05, 4.69) is 37.5 Å². The van der Waals surface area contributed by atoms with Gasteiger partial charge in [0.15, 0.2) is 0 Å². The van der Waals surface area contributed by atoms with Crippen molar-refractivity contribution in [3.8, 4) is 0 Å². The molecule has 3 rings (SSSR count). The summed E-state index contributed by atoms with van der Waals surface area (Å²) in [6.45, 7) is 7.05. The fourth-order valence-corrected chi connectivity index (χ4v) is 5.88. The Morgan fingerprint density at radius 1 is 1.18 bits per heavy atom.